The van der Waals surface area contributed by atoms with Gasteiger partial charge in [0.25, 0.3) is 0 Å². The largest absolute Gasteiger partial charge is 0.465 e. The number of pyridine rings is 1. The first-order chi connectivity index (χ1) is 11.5. The molecule has 10 heteroatoms. The van der Waals surface area contributed by atoms with Crippen molar-refractivity contribution < 1.29 is 18.8 Å². The lowest BCUT2D eigenvalue weighted by Gasteiger charge is -2.56. The van der Waals surface area contributed by atoms with Crippen LogP contribution in [0, 0.1) is 5.82 Å². The fourth-order valence-electron chi connectivity index (χ4n) is 3.65. The zero-order chi connectivity index (χ0) is 18.6. The number of nitrogens with one attached hydrogen (secondary N) is 2. The summed E-state index contributed by atoms with van der Waals surface area (Å²) in [5, 5.41) is 11.0. The van der Waals surface area contributed by atoms with Crippen LogP contribution in [0.3, 0.4) is 0 Å². The number of halogens is 1. The molecule has 0 radical (unpaired) electrons. The van der Waals surface area contributed by atoms with Crippen LogP contribution in [0.15, 0.2) is 17.1 Å². The maximum absolute atomic E-state index is 14.5. The van der Waals surface area contributed by atoms with Gasteiger partial charge in [-0.2, -0.15) is 0 Å². The van der Waals surface area contributed by atoms with Crippen LogP contribution in [-0.4, -0.2) is 43.1 Å². The monoisotopic (exact) mass is 371 g/mol. The van der Waals surface area contributed by atoms with Gasteiger partial charge in [-0.3, -0.25) is 15.0 Å². The van der Waals surface area contributed by atoms with E-state index in [0.717, 1.165) is 0 Å². The highest BCUT2D eigenvalue weighted by atomic mass is 32.3. The van der Waals surface area contributed by atoms with Crippen LogP contribution in [0.2, 0.25) is 0 Å². The molecule has 1 amide bonds. The molecule has 138 valence electrons. The summed E-state index contributed by atoms with van der Waals surface area (Å²) in [5.41, 5.74) is 4.48. The molecule has 1 unspecified atom stereocenters. The highest BCUT2D eigenvalue weighted by Gasteiger charge is 2.62. The molecule has 3 rings (SSSR count). The second-order valence-electron chi connectivity index (χ2n) is 6.91. The normalized spacial score (nSPS) is 36.0. The summed E-state index contributed by atoms with van der Waals surface area (Å²) in [5.74, 6) is -0.382. The molecule has 0 bridgehead atoms. The third kappa shape index (κ3) is 2.47. The molecule has 2 aliphatic heterocycles. The molecule has 3 heterocycles. The van der Waals surface area contributed by atoms with E-state index in [0.29, 0.717) is 13.0 Å². The Morgan fingerprint density at radius 2 is 2.16 bits per heavy atom. The number of aliphatic imine (C=N–C) groups is 1. The van der Waals surface area contributed by atoms with Crippen LogP contribution in [-0.2, 0) is 5.54 Å². The van der Waals surface area contributed by atoms with E-state index < -0.39 is 37.9 Å². The van der Waals surface area contributed by atoms with Crippen LogP contribution < -0.4 is 15.8 Å². The summed E-state index contributed by atoms with van der Waals surface area (Å²) in [6, 6.07) is 2.56. The SMILES string of the molecule is CC1(C)C(NC(=O)O)=N[C@](C)(c2nc(N)ccc2F)[C@@H]2CCNS21O. The second-order valence-corrected chi connectivity index (χ2v) is 10.0. The first kappa shape index (κ1) is 17.9. The minimum Gasteiger partial charge on any atom is -0.465 e. The summed E-state index contributed by atoms with van der Waals surface area (Å²) < 4.78 is 28.2. The highest BCUT2D eigenvalue weighted by Crippen LogP contribution is 2.67. The first-order valence-electron chi connectivity index (χ1n) is 7.84. The molecule has 0 aliphatic carbocycles. The lowest BCUT2D eigenvalue weighted by Crippen LogP contribution is -2.59. The van der Waals surface area contributed by atoms with Gasteiger partial charge < -0.3 is 15.4 Å². The predicted molar refractivity (Wildman–Crippen MR) is 95.3 cm³/mol. The smallest absolute Gasteiger partial charge is 0.410 e. The van der Waals surface area contributed by atoms with Gasteiger partial charge in [0.15, 0.2) is 0 Å². The van der Waals surface area contributed by atoms with Gasteiger partial charge in [-0.25, -0.2) is 14.2 Å². The van der Waals surface area contributed by atoms with Crippen LogP contribution in [0.5, 0.6) is 0 Å². The molecular formula is C15H22FN5O3S. The van der Waals surface area contributed by atoms with Gasteiger partial charge >= 0.3 is 6.09 Å². The van der Waals surface area contributed by atoms with E-state index >= 15 is 0 Å². The molecule has 8 nitrogen and oxygen atoms in total. The Morgan fingerprint density at radius 3 is 2.80 bits per heavy atom. The number of amides is 1. The van der Waals surface area contributed by atoms with Crippen molar-refractivity contribution in [2.45, 2.75) is 42.7 Å². The lowest BCUT2D eigenvalue weighted by atomic mass is 9.89. The first-order valence-corrected chi connectivity index (χ1v) is 9.49. The fourth-order valence-corrected chi connectivity index (χ4v) is 7.03. The number of anilines is 1. The fraction of sp³-hybridized carbons (Fsp3) is 0.533. The Balaban J connectivity index is 2.27. The summed E-state index contributed by atoms with van der Waals surface area (Å²) in [6.07, 6.45) is -0.736. The second kappa shape index (κ2) is 5.55. The molecule has 3 atom stereocenters. The van der Waals surface area contributed by atoms with Crippen molar-refractivity contribution in [2.75, 3.05) is 12.3 Å². The number of hydrogen-bond donors (Lipinski definition) is 5. The van der Waals surface area contributed by atoms with Gasteiger partial charge in [0.1, 0.15) is 28.7 Å². The van der Waals surface area contributed by atoms with E-state index in [4.69, 9.17) is 10.8 Å². The number of amidine groups is 1. The molecule has 1 saturated heterocycles. The van der Waals surface area contributed by atoms with Gasteiger partial charge in [-0.15, -0.1) is 0 Å². The molecule has 2 aliphatic rings. The molecule has 25 heavy (non-hydrogen) atoms. The Labute approximate surface area is 146 Å². The molecular weight excluding hydrogens is 349 g/mol. The summed E-state index contributed by atoms with van der Waals surface area (Å²) >= 11 is 0. The molecule has 1 aromatic rings. The van der Waals surface area contributed by atoms with E-state index in [1.54, 1.807) is 20.8 Å². The van der Waals surface area contributed by atoms with Crippen LogP contribution in [0.1, 0.15) is 32.9 Å². The van der Waals surface area contributed by atoms with Gasteiger partial charge in [0.2, 0.25) is 0 Å². The number of aromatic nitrogens is 1. The average molecular weight is 371 g/mol. The van der Waals surface area contributed by atoms with Crippen molar-refractivity contribution in [3.63, 3.8) is 0 Å². The molecule has 1 fully saturated rings. The van der Waals surface area contributed by atoms with Crippen molar-refractivity contribution in [2.24, 2.45) is 4.99 Å². The van der Waals surface area contributed by atoms with Crippen molar-refractivity contribution in [1.29, 1.82) is 0 Å². The third-order valence-electron chi connectivity index (χ3n) is 5.03. The van der Waals surface area contributed by atoms with Gasteiger partial charge in [-0.05, 0) is 39.3 Å². The number of carboxylic acid groups (broad SMARTS) is 1. The summed E-state index contributed by atoms with van der Waals surface area (Å²) in [6.45, 7) is 5.64. The minimum absolute atomic E-state index is 0.00677. The van der Waals surface area contributed by atoms with Crippen LogP contribution in [0.4, 0.5) is 15.0 Å². The van der Waals surface area contributed by atoms with E-state index in [1.807, 2.05) is 0 Å². The van der Waals surface area contributed by atoms with E-state index in [-0.39, 0.29) is 17.3 Å². The standard InChI is InChI=1S/C15H22FN5O3S/c1-14(2)12(20-13(22)23)21-15(3,9-6-7-18-25(9,14)24)11-8(16)4-5-10(17)19-11/h4-5,9,18,24H,6-7H2,1-3H3,(H2,17,19)(H,20,21)(H,22,23)/t9-,15-/m0/s1. The third-order valence-corrected chi connectivity index (χ3v) is 8.94. The maximum Gasteiger partial charge on any atom is 0.410 e. The Bertz CT molecular complexity index is 774. The molecule has 0 aromatic carbocycles. The molecule has 6 N–H and O–H groups in total. The summed E-state index contributed by atoms with van der Waals surface area (Å²) in [7, 11) is -2.56. The maximum atomic E-state index is 14.5. The highest BCUT2D eigenvalue weighted by molar-refractivity contribution is 8.29. The molecule has 1 aromatic heterocycles. The van der Waals surface area contributed by atoms with Crippen molar-refractivity contribution in [1.82, 2.24) is 15.0 Å². The van der Waals surface area contributed by atoms with Crippen molar-refractivity contribution >= 4 is 28.2 Å². The van der Waals surface area contributed by atoms with E-state index in [2.05, 4.69) is 20.0 Å². The van der Waals surface area contributed by atoms with Crippen LogP contribution >= 0.6 is 10.5 Å². The Kier molecular flexibility index (Phi) is 3.97. The topological polar surface area (TPSA) is 133 Å². The quantitative estimate of drug-likeness (QED) is 0.513. The predicted octanol–water partition coefficient (Wildman–Crippen LogP) is 2.03. The van der Waals surface area contributed by atoms with E-state index in [9.17, 15) is 13.7 Å². The Morgan fingerprint density at radius 1 is 1.48 bits per heavy atom. The number of nitrogens with zero attached hydrogens (tertiary/aromatic N) is 2. The number of nitrogen functional groups attached to an aromatic ring is 1. The molecule has 0 saturated carbocycles. The van der Waals surface area contributed by atoms with Crippen molar-refractivity contribution in [3.05, 3.63) is 23.6 Å². The average Bonchev–Trinajstić information content (AvgIpc) is 2.92. The minimum atomic E-state index is -2.56. The van der Waals surface area contributed by atoms with Crippen LogP contribution in [0.25, 0.3) is 0 Å². The van der Waals surface area contributed by atoms with E-state index in [1.165, 1.54) is 12.1 Å². The molecule has 0 spiro atoms. The van der Waals surface area contributed by atoms with Gasteiger partial charge in [0.05, 0.1) is 10.00 Å². The number of hydrogen-bond acceptors (Lipinski definition) is 6. The van der Waals surface area contributed by atoms with Gasteiger partial charge in [-0.1, -0.05) is 10.5 Å². The summed E-state index contributed by atoms with van der Waals surface area (Å²) in [4.78, 5) is 19.9. The lowest BCUT2D eigenvalue weighted by molar-refractivity contribution is 0.199. The Hall–Kier alpha value is -1.91. The number of nitrogens with two attached hydrogens (primary N) is 1. The zero-order valence-electron chi connectivity index (χ0n) is 14.2. The van der Waals surface area contributed by atoms with Crippen molar-refractivity contribution in [3.8, 4) is 0 Å². The number of fused-ring (bicyclic) bond motifs is 1. The number of rotatable bonds is 1. The zero-order valence-corrected chi connectivity index (χ0v) is 15.0. The number of carbonyl (C=O) groups is 1. The van der Waals surface area contributed by atoms with Gasteiger partial charge in [0, 0.05) is 6.54 Å².